The fourth-order valence-electron chi connectivity index (χ4n) is 1.92. The number of aromatic nitrogens is 2. The van der Waals surface area contributed by atoms with Crippen LogP contribution in [0, 0.1) is 24.0 Å². The topological polar surface area (TPSA) is 98.0 Å². The lowest BCUT2D eigenvalue weighted by Crippen LogP contribution is -2.16. The molecule has 0 unspecified atom stereocenters. The molecule has 7 nitrogen and oxygen atoms in total. The fourth-order valence-corrected chi connectivity index (χ4v) is 4.66. The Hall–Kier alpha value is -1.65. The van der Waals surface area contributed by atoms with E-state index >= 15 is 0 Å². The van der Waals surface area contributed by atoms with Crippen LogP contribution in [-0.4, -0.2) is 32.5 Å². The summed E-state index contributed by atoms with van der Waals surface area (Å²) in [5.74, 6) is 0.799. The molecule has 1 heterocycles. The number of nitro benzene ring substituents is 1. The highest BCUT2D eigenvalue weighted by atomic mass is 32.2. The van der Waals surface area contributed by atoms with E-state index in [0.29, 0.717) is 9.90 Å². The number of carbonyl (C=O) groups is 1. The molecule has 0 bridgehead atoms. The van der Waals surface area contributed by atoms with Crippen molar-refractivity contribution in [1.29, 1.82) is 0 Å². The molecular formula is C15H18N4O3S3. The van der Waals surface area contributed by atoms with Crippen molar-refractivity contribution in [2.75, 3.05) is 16.8 Å². The molecule has 1 N–H and O–H groups in total. The molecule has 2 rings (SSSR count). The molecule has 0 fully saturated rings. The van der Waals surface area contributed by atoms with Crippen molar-refractivity contribution in [2.24, 2.45) is 0 Å². The van der Waals surface area contributed by atoms with Gasteiger partial charge in [0.25, 0.3) is 5.69 Å². The summed E-state index contributed by atoms with van der Waals surface area (Å²) in [6.45, 7) is 5.70. The lowest BCUT2D eigenvalue weighted by Gasteiger charge is -2.10. The summed E-state index contributed by atoms with van der Waals surface area (Å²) in [5.41, 5.74) is 1.74. The average Bonchev–Trinajstić information content (AvgIpc) is 3.03. The summed E-state index contributed by atoms with van der Waals surface area (Å²) in [5, 5.41) is 21.9. The molecule has 0 saturated carbocycles. The second-order valence-electron chi connectivity index (χ2n) is 5.18. The normalized spacial score (nSPS) is 10.7. The second-order valence-corrected chi connectivity index (χ2v) is 8.72. The van der Waals surface area contributed by atoms with Crippen LogP contribution in [0.3, 0.4) is 0 Å². The van der Waals surface area contributed by atoms with E-state index in [2.05, 4.69) is 22.4 Å². The van der Waals surface area contributed by atoms with Crippen molar-refractivity contribution in [3.05, 3.63) is 33.4 Å². The van der Waals surface area contributed by atoms with Gasteiger partial charge in [-0.15, -0.1) is 10.2 Å². The molecule has 25 heavy (non-hydrogen) atoms. The Kier molecular flexibility index (Phi) is 7.21. The van der Waals surface area contributed by atoms with Crippen molar-refractivity contribution >= 4 is 52.1 Å². The van der Waals surface area contributed by atoms with Gasteiger partial charge in [0, 0.05) is 11.8 Å². The number of hydrogen-bond donors (Lipinski definition) is 1. The highest BCUT2D eigenvalue weighted by Gasteiger charge is 2.19. The number of rotatable bonds is 8. The largest absolute Gasteiger partial charge is 0.319 e. The molecular weight excluding hydrogens is 380 g/mol. The smallest absolute Gasteiger partial charge is 0.293 e. The van der Waals surface area contributed by atoms with Gasteiger partial charge in [0.05, 0.1) is 10.7 Å². The van der Waals surface area contributed by atoms with E-state index in [1.165, 1.54) is 29.2 Å². The zero-order valence-electron chi connectivity index (χ0n) is 14.1. The van der Waals surface area contributed by atoms with Crippen LogP contribution in [0.5, 0.6) is 0 Å². The van der Waals surface area contributed by atoms with Crippen molar-refractivity contribution in [2.45, 2.75) is 35.9 Å². The van der Waals surface area contributed by atoms with Crippen LogP contribution < -0.4 is 5.32 Å². The standard InChI is InChI=1S/C15H18N4O3S3/c1-4-7-23-14-17-18-15(25-14)24-8-12(20)16-13-10(3)9(2)5-6-11(13)19(21)22/h5-6H,4,7-8H2,1-3H3,(H,16,20). The van der Waals surface area contributed by atoms with Crippen LogP contribution in [0.15, 0.2) is 20.8 Å². The Bertz CT molecular complexity index is 779. The van der Waals surface area contributed by atoms with Crippen molar-refractivity contribution in [1.82, 2.24) is 10.2 Å². The summed E-state index contributed by atoms with van der Waals surface area (Å²) in [7, 11) is 0. The van der Waals surface area contributed by atoms with E-state index in [1.807, 2.05) is 6.92 Å². The lowest BCUT2D eigenvalue weighted by atomic mass is 10.1. The summed E-state index contributed by atoms with van der Waals surface area (Å²) in [6.07, 6.45) is 1.06. The van der Waals surface area contributed by atoms with Gasteiger partial charge in [-0.05, 0) is 31.4 Å². The van der Waals surface area contributed by atoms with Gasteiger partial charge in [-0.1, -0.05) is 47.9 Å². The van der Waals surface area contributed by atoms with Gasteiger partial charge in [-0.2, -0.15) is 0 Å². The monoisotopic (exact) mass is 398 g/mol. The van der Waals surface area contributed by atoms with E-state index < -0.39 is 4.92 Å². The van der Waals surface area contributed by atoms with Gasteiger partial charge in [0.15, 0.2) is 8.68 Å². The Morgan fingerprint density at radius 1 is 1.28 bits per heavy atom. The van der Waals surface area contributed by atoms with Crippen molar-refractivity contribution < 1.29 is 9.72 Å². The van der Waals surface area contributed by atoms with Crippen LogP contribution in [-0.2, 0) is 4.79 Å². The Morgan fingerprint density at radius 2 is 1.96 bits per heavy atom. The molecule has 0 aliphatic carbocycles. The zero-order valence-corrected chi connectivity index (χ0v) is 16.5. The average molecular weight is 399 g/mol. The minimum Gasteiger partial charge on any atom is -0.319 e. The number of anilines is 1. The SMILES string of the molecule is CCCSc1nnc(SCC(=O)Nc2c([N+](=O)[O-])ccc(C)c2C)s1. The molecule has 2 aromatic rings. The first-order chi connectivity index (χ1) is 11.9. The third-order valence-electron chi connectivity index (χ3n) is 3.32. The van der Waals surface area contributed by atoms with Gasteiger partial charge in [-0.3, -0.25) is 14.9 Å². The maximum absolute atomic E-state index is 12.2. The second kappa shape index (κ2) is 9.16. The molecule has 1 aromatic carbocycles. The van der Waals surface area contributed by atoms with Crippen LogP contribution >= 0.6 is 34.9 Å². The van der Waals surface area contributed by atoms with Gasteiger partial charge in [0.2, 0.25) is 5.91 Å². The first kappa shape index (κ1) is 19.7. The van der Waals surface area contributed by atoms with Gasteiger partial charge < -0.3 is 5.32 Å². The molecule has 1 aromatic heterocycles. The first-order valence-corrected chi connectivity index (χ1v) is 10.3. The molecule has 0 saturated heterocycles. The molecule has 0 atom stereocenters. The van der Waals surface area contributed by atoms with Crippen molar-refractivity contribution in [3.63, 3.8) is 0 Å². The number of benzene rings is 1. The van der Waals surface area contributed by atoms with E-state index in [1.54, 1.807) is 24.8 Å². The van der Waals surface area contributed by atoms with E-state index in [-0.39, 0.29) is 23.0 Å². The Balaban J connectivity index is 2.00. The third kappa shape index (κ3) is 5.41. The maximum atomic E-state index is 12.2. The molecule has 134 valence electrons. The Morgan fingerprint density at radius 3 is 2.60 bits per heavy atom. The molecule has 0 aliphatic heterocycles. The van der Waals surface area contributed by atoms with E-state index in [9.17, 15) is 14.9 Å². The number of amides is 1. The fraction of sp³-hybridized carbons (Fsp3) is 0.400. The first-order valence-electron chi connectivity index (χ1n) is 7.56. The lowest BCUT2D eigenvalue weighted by molar-refractivity contribution is -0.384. The molecule has 0 aliphatic rings. The summed E-state index contributed by atoms with van der Waals surface area (Å²) >= 11 is 4.37. The summed E-state index contributed by atoms with van der Waals surface area (Å²) in [6, 6.07) is 3.08. The number of hydrogen-bond acceptors (Lipinski definition) is 8. The molecule has 0 radical (unpaired) electrons. The summed E-state index contributed by atoms with van der Waals surface area (Å²) in [4.78, 5) is 22.9. The highest BCUT2D eigenvalue weighted by molar-refractivity contribution is 8.03. The minimum atomic E-state index is -0.489. The number of aryl methyl sites for hydroxylation is 1. The molecule has 10 heteroatoms. The van der Waals surface area contributed by atoms with Crippen LogP contribution in [0.2, 0.25) is 0 Å². The third-order valence-corrected chi connectivity index (χ3v) is 6.72. The van der Waals surface area contributed by atoms with E-state index in [4.69, 9.17) is 0 Å². The highest BCUT2D eigenvalue weighted by Crippen LogP contribution is 2.32. The van der Waals surface area contributed by atoms with Crippen molar-refractivity contribution in [3.8, 4) is 0 Å². The van der Waals surface area contributed by atoms with Crippen LogP contribution in [0.1, 0.15) is 24.5 Å². The maximum Gasteiger partial charge on any atom is 0.293 e. The summed E-state index contributed by atoms with van der Waals surface area (Å²) < 4.78 is 1.60. The van der Waals surface area contributed by atoms with E-state index in [0.717, 1.165) is 22.1 Å². The molecule has 0 spiro atoms. The quantitative estimate of drug-likeness (QED) is 0.402. The molecule has 1 amide bonds. The predicted molar refractivity (Wildman–Crippen MR) is 103 cm³/mol. The van der Waals surface area contributed by atoms with Gasteiger partial charge in [-0.25, -0.2) is 0 Å². The number of carbonyl (C=O) groups excluding carboxylic acids is 1. The minimum absolute atomic E-state index is 0.101. The Labute approximate surface area is 158 Å². The zero-order chi connectivity index (χ0) is 18.4. The van der Waals surface area contributed by atoms with Gasteiger partial charge >= 0.3 is 0 Å². The number of nitrogens with zero attached hydrogens (tertiary/aromatic N) is 3. The number of thioether (sulfide) groups is 2. The van der Waals surface area contributed by atoms with Crippen LogP contribution in [0.4, 0.5) is 11.4 Å². The number of nitro groups is 1. The van der Waals surface area contributed by atoms with Crippen LogP contribution in [0.25, 0.3) is 0 Å². The van der Waals surface area contributed by atoms with Gasteiger partial charge in [0.1, 0.15) is 5.69 Å². The number of nitrogens with one attached hydrogen (secondary N) is 1. The predicted octanol–water partition coefficient (Wildman–Crippen LogP) is 4.30.